The fraction of sp³-hybridized carbons (Fsp3) is 0.846. The van der Waals surface area contributed by atoms with E-state index in [1.165, 1.54) is 12.8 Å². The van der Waals surface area contributed by atoms with E-state index in [9.17, 15) is 9.59 Å². The molecule has 4 nitrogen and oxygen atoms in total. The molecule has 0 unspecified atom stereocenters. The van der Waals surface area contributed by atoms with Gasteiger partial charge in [0.25, 0.3) is 0 Å². The maximum atomic E-state index is 12.3. The molecule has 3 fully saturated rings. The average molecular weight is 268 g/mol. The lowest BCUT2D eigenvalue weighted by molar-refractivity contribution is -0.138. The maximum Gasteiger partial charge on any atom is 0.243 e. The second-order valence-electron chi connectivity index (χ2n) is 5.76. The summed E-state index contributed by atoms with van der Waals surface area (Å²) in [7, 11) is 0. The summed E-state index contributed by atoms with van der Waals surface area (Å²) >= 11 is 1.76. The highest BCUT2D eigenvalue weighted by atomic mass is 32.2. The van der Waals surface area contributed by atoms with Crippen LogP contribution in [0, 0.1) is 0 Å². The first kappa shape index (κ1) is 12.3. The summed E-state index contributed by atoms with van der Waals surface area (Å²) in [4.78, 5) is 26.0. The number of thioether (sulfide) groups is 1. The molecule has 1 saturated carbocycles. The molecular weight excluding hydrogens is 248 g/mol. The summed E-state index contributed by atoms with van der Waals surface area (Å²) in [5.74, 6) is 0.961. The molecule has 0 aromatic heterocycles. The Morgan fingerprint density at radius 3 is 2.89 bits per heavy atom. The van der Waals surface area contributed by atoms with Crippen molar-refractivity contribution in [1.82, 2.24) is 10.2 Å². The number of amides is 2. The Labute approximate surface area is 112 Å². The van der Waals surface area contributed by atoms with Crippen molar-refractivity contribution in [2.75, 3.05) is 5.75 Å². The van der Waals surface area contributed by atoms with Crippen molar-refractivity contribution in [3.8, 4) is 0 Å². The number of nitrogens with one attached hydrogen (secondary N) is 1. The minimum absolute atomic E-state index is 0.0633. The molecule has 1 N–H and O–H groups in total. The second-order valence-corrected chi connectivity index (χ2v) is 7.26. The molecule has 2 aliphatic heterocycles. The highest BCUT2D eigenvalue weighted by Gasteiger charge is 2.53. The topological polar surface area (TPSA) is 49.4 Å². The van der Waals surface area contributed by atoms with Crippen molar-refractivity contribution in [2.24, 2.45) is 0 Å². The molecule has 1 aliphatic carbocycles. The zero-order valence-corrected chi connectivity index (χ0v) is 11.6. The summed E-state index contributed by atoms with van der Waals surface area (Å²) in [6.07, 6.45) is 6.09. The van der Waals surface area contributed by atoms with Crippen LogP contribution in [-0.2, 0) is 9.59 Å². The molecule has 2 saturated heterocycles. The number of hydrogen-bond donors (Lipinski definition) is 1. The van der Waals surface area contributed by atoms with Gasteiger partial charge in [0.15, 0.2) is 0 Å². The zero-order chi connectivity index (χ0) is 12.8. The smallest absolute Gasteiger partial charge is 0.243 e. The van der Waals surface area contributed by atoms with Crippen LogP contribution in [0.4, 0.5) is 0 Å². The summed E-state index contributed by atoms with van der Waals surface area (Å²) in [6, 6.07) is 0.0997. The van der Waals surface area contributed by atoms with Crippen molar-refractivity contribution >= 4 is 23.6 Å². The van der Waals surface area contributed by atoms with Crippen molar-refractivity contribution in [3.05, 3.63) is 0 Å². The largest absolute Gasteiger partial charge is 0.352 e. The summed E-state index contributed by atoms with van der Waals surface area (Å²) in [6.45, 7) is 2.09. The normalized spacial score (nSPS) is 36.2. The van der Waals surface area contributed by atoms with Gasteiger partial charge in [0.1, 0.15) is 6.04 Å². The first-order chi connectivity index (χ1) is 8.60. The SMILES string of the molecule is C[C@@]12CCC(=O)N1[C@H](C(=O)NC1CCCC1)CS2. The van der Waals surface area contributed by atoms with Crippen LogP contribution in [-0.4, -0.2) is 39.4 Å². The molecule has 0 radical (unpaired) electrons. The van der Waals surface area contributed by atoms with Crippen molar-refractivity contribution in [2.45, 2.75) is 62.4 Å². The molecule has 3 aliphatic rings. The van der Waals surface area contributed by atoms with Gasteiger partial charge in [-0.05, 0) is 26.2 Å². The lowest BCUT2D eigenvalue weighted by Gasteiger charge is -2.30. The molecule has 0 aromatic rings. The highest BCUT2D eigenvalue weighted by Crippen LogP contribution is 2.47. The third-order valence-electron chi connectivity index (χ3n) is 4.45. The Bertz CT molecular complexity index is 381. The first-order valence-corrected chi connectivity index (χ1v) is 7.85. The van der Waals surface area contributed by atoms with Crippen molar-refractivity contribution in [3.63, 3.8) is 0 Å². The standard InChI is InChI=1S/C13H20N2O2S/c1-13-7-6-11(16)15(13)10(8-18-13)12(17)14-9-4-2-3-5-9/h9-10H,2-8H2,1H3,(H,14,17)/t10-,13+/m0/s1. The predicted molar refractivity (Wildman–Crippen MR) is 71.1 cm³/mol. The monoisotopic (exact) mass is 268 g/mol. The summed E-state index contributed by atoms with van der Waals surface area (Å²) < 4.78 is 0. The lowest BCUT2D eigenvalue weighted by atomic mass is 10.2. The molecule has 3 rings (SSSR count). The first-order valence-electron chi connectivity index (χ1n) is 6.87. The summed E-state index contributed by atoms with van der Waals surface area (Å²) in [5, 5.41) is 3.13. The van der Waals surface area contributed by atoms with Gasteiger partial charge in [0.05, 0.1) is 4.87 Å². The van der Waals surface area contributed by atoms with Gasteiger partial charge in [0.2, 0.25) is 11.8 Å². The number of nitrogens with zero attached hydrogens (tertiary/aromatic N) is 1. The maximum absolute atomic E-state index is 12.3. The van der Waals surface area contributed by atoms with Crippen LogP contribution in [0.15, 0.2) is 0 Å². The van der Waals surface area contributed by atoms with Gasteiger partial charge >= 0.3 is 0 Å². The number of carbonyl (C=O) groups excluding carboxylic acids is 2. The van der Waals surface area contributed by atoms with E-state index in [0.717, 1.165) is 25.0 Å². The molecule has 0 bridgehead atoms. The van der Waals surface area contributed by atoms with Gasteiger partial charge in [-0.15, -0.1) is 11.8 Å². The van der Waals surface area contributed by atoms with Gasteiger partial charge in [-0.25, -0.2) is 0 Å². The average Bonchev–Trinajstić information content (AvgIpc) is 2.99. The molecule has 0 aromatic carbocycles. The van der Waals surface area contributed by atoms with Gasteiger partial charge in [-0.1, -0.05) is 12.8 Å². The predicted octanol–water partition coefficient (Wildman–Crippen LogP) is 1.50. The number of fused-ring (bicyclic) bond motifs is 1. The van der Waals surface area contributed by atoms with E-state index in [-0.39, 0.29) is 22.7 Å². The van der Waals surface area contributed by atoms with Crippen LogP contribution in [0.5, 0.6) is 0 Å². The van der Waals surface area contributed by atoms with E-state index >= 15 is 0 Å². The third-order valence-corrected chi connectivity index (χ3v) is 5.95. The molecule has 0 spiro atoms. The van der Waals surface area contributed by atoms with E-state index in [2.05, 4.69) is 12.2 Å². The Balaban J connectivity index is 1.68. The van der Waals surface area contributed by atoms with E-state index in [1.54, 1.807) is 11.8 Å². The number of rotatable bonds is 2. The van der Waals surface area contributed by atoms with Crippen molar-refractivity contribution in [1.29, 1.82) is 0 Å². The molecule has 2 heterocycles. The number of hydrogen-bond acceptors (Lipinski definition) is 3. The minimum atomic E-state index is -0.240. The fourth-order valence-corrected chi connectivity index (χ4v) is 4.81. The molecule has 18 heavy (non-hydrogen) atoms. The third kappa shape index (κ3) is 1.92. The molecular formula is C13H20N2O2S. The Morgan fingerprint density at radius 1 is 1.44 bits per heavy atom. The van der Waals surface area contributed by atoms with Crippen LogP contribution in [0.25, 0.3) is 0 Å². The van der Waals surface area contributed by atoms with E-state index in [0.29, 0.717) is 12.5 Å². The van der Waals surface area contributed by atoms with Crippen LogP contribution in [0.2, 0.25) is 0 Å². The zero-order valence-electron chi connectivity index (χ0n) is 10.8. The minimum Gasteiger partial charge on any atom is -0.352 e. The highest BCUT2D eigenvalue weighted by molar-refractivity contribution is 8.01. The van der Waals surface area contributed by atoms with Crippen LogP contribution in [0.3, 0.4) is 0 Å². The Morgan fingerprint density at radius 2 is 2.17 bits per heavy atom. The van der Waals surface area contributed by atoms with E-state index in [1.807, 2.05) is 4.90 Å². The Hall–Kier alpha value is -0.710. The molecule has 5 heteroatoms. The lowest BCUT2D eigenvalue weighted by Crippen LogP contribution is -2.51. The van der Waals surface area contributed by atoms with E-state index < -0.39 is 0 Å². The van der Waals surface area contributed by atoms with Gasteiger partial charge in [-0.2, -0.15) is 0 Å². The summed E-state index contributed by atoms with van der Waals surface area (Å²) in [5.41, 5.74) is 0. The van der Waals surface area contributed by atoms with Crippen LogP contribution < -0.4 is 5.32 Å². The van der Waals surface area contributed by atoms with E-state index in [4.69, 9.17) is 0 Å². The molecule has 2 amide bonds. The quantitative estimate of drug-likeness (QED) is 0.825. The van der Waals surface area contributed by atoms with Crippen LogP contribution >= 0.6 is 11.8 Å². The molecule has 100 valence electrons. The Kier molecular flexibility index (Phi) is 3.04. The fourth-order valence-electron chi connectivity index (χ4n) is 3.38. The second kappa shape index (κ2) is 4.44. The molecule has 2 atom stereocenters. The van der Waals surface area contributed by atoms with Gasteiger partial charge in [0, 0.05) is 18.2 Å². The number of carbonyl (C=O) groups is 2. The van der Waals surface area contributed by atoms with Crippen LogP contribution in [0.1, 0.15) is 45.4 Å². The van der Waals surface area contributed by atoms with Gasteiger partial charge in [-0.3, -0.25) is 9.59 Å². The van der Waals surface area contributed by atoms with Gasteiger partial charge < -0.3 is 10.2 Å². The van der Waals surface area contributed by atoms with Crippen molar-refractivity contribution < 1.29 is 9.59 Å².